The quantitative estimate of drug-likeness (QED) is 0.334. The Balaban J connectivity index is 1.27. The van der Waals surface area contributed by atoms with Gasteiger partial charge in [0, 0.05) is 45.0 Å². The van der Waals surface area contributed by atoms with Crippen molar-refractivity contribution in [3.8, 4) is 17.2 Å². The van der Waals surface area contributed by atoms with E-state index in [4.69, 9.17) is 4.74 Å². The van der Waals surface area contributed by atoms with E-state index < -0.39 is 45.0 Å². The van der Waals surface area contributed by atoms with Crippen molar-refractivity contribution in [1.29, 1.82) is 0 Å². The van der Waals surface area contributed by atoms with Crippen LogP contribution in [0.1, 0.15) is 6.42 Å². The van der Waals surface area contributed by atoms with Crippen molar-refractivity contribution in [2.24, 2.45) is 0 Å². The zero-order valence-corrected chi connectivity index (χ0v) is 23.1. The molecule has 4 aromatic rings. The summed E-state index contributed by atoms with van der Waals surface area (Å²) in [6.07, 6.45) is 0.120. The smallest absolute Gasteiger partial charge is 0.301 e. The SMILES string of the molecule is O=c1c2cc(Oc3c(F)ccc(NS(=O)(=O)N4CC[C@@H](F)C4)c3F)ccc2ncn1-c1ccc(N2CCNCC2)cc1. The Morgan fingerprint density at radius 1 is 0.976 bits per heavy atom. The first-order valence-corrected chi connectivity index (χ1v) is 14.8. The highest BCUT2D eigenvalue weighted by Gasteiger charge is 2.32. The average molecular weight is 601 g/mol. The van der Waals surface area contributed by atoms with E-state index in [1.165, 1.54) is 29.1 Å². The predicted molar refractivity (Wildman–Crippen MR) is 152 cm³/mol. The Bertz CT molecular complexity index is 1800. The molecule has 3 heterocycles. The van der Waals surface area contributed by atoms with E-state index in [0.29, 0.717) is 11.2 Å². The number of hydrogen-bond acceptors (Lipinski definition) is 7. The maximum Gasteiger partial charge on any atom is 0.301 e. The van der Waals surface area contributed by atoms with Gasteiger partial charge in [-0.25, -0.2) is 18.2 Å². The van der Waals surface area contributed by atoms with Gasteiger partial charge in [0.15, 0.2) is 11.6 Å². The number of nitrogens with zero attached hydrogens (tertiary/aromatic N) is 4. The molecule has 1 atom stereocenters. The summed E-state index contributed by atoms with van der Waals surface area (Å²) in [5, 5.41) is 3.45. The molecule has 2 N–H and O–H groups in total. The Kier molecular flexibility index (Phi) is 7.51. The molecule has 2 saturated heterocycles. The van der Waals surface area contributed by atoms with Crippen molar-refractivity contribution in [3.63, 3.8) is 0 Å². The molecule has 220 valence electrons. The van der Waals surface area contributed by atoms with E-state index >= 15 is 4.39 Å². The molecule has 0 spiro atoms. The minimum atomic E-state index is -4.28. The maximum absolute atomic E-state index is 15.3. The van der Waals surface area contributed by atoms with Crippen molar-refractivity contribution < 1.29 is 26.3 Å². The summed E-state index contributed by atoms with van der Waals surface area (Å²) in [5.74, 6) is -3.32. The van der Waals surface area contributed by atoms with Crippen molar-refractivity contribution >= 4 is 32.5 Å². The summed E-state index contributed by atoms with van der Waals surface area (Å²) in [6.45, 7) is 3.14. The molecule has 14 heteroatoms. The van der Waals surface area contributed by atoms with Gasteiger partial charge in [0.2, 0.25) is 5.75 Å². The lowest BCUT2D eigenvalue weighted by Gasteiger charge is -2.29. The van der Waals surface area contributed by atoms with Crippen LogP contribution in [-0.4, -0.2) is 67.7 Å². The third kappa shape index (κ3) is 5.52. The summed E-state index contributed by atoms with van der Waals surface area (Å²) in [7, 11) is -4.28. The van der Waals surface area contributed by atoms with Crippen molar-refractivity contribution in [2.75, 3.05) is 48.9 Å². The molecule has 0 aliphatic carbocycles. The topological polar surface area (TPSA) is 109 Å². The monoisotopic (exact) mass is 600 g/mol. The van der Waals surface area contributed by atoms with Crippen molar-refractivity contribution in [1.82, 2.24) is 19.2 Å². The minimum absolute atomic E-state index is 0.0293. The number of halogens is 3. The lowest BCUT2D eigenvalue weighted by atomic mass is 10.2. The third-order valence-electron chi connectivity index (χ3n) is 7.28. The molecule has 6 rings (SSSR count). The molecule has 1 aromatic heterocycles. The lowest BCUT2D eigenvalue weighted by Crippen LogP contribution is -2.43. The van der Waals surface area contributed by atoms with Gasteiger partial charge in [-0.05, 0) is 61.0 Å². The first-order valence-electron chi connectivity index (χ1n) is 13.3. The predicted octanol–water partition coefficient (Wildman–Crippen LogP) is 3.57. The first kappa shape index (κ1) is 28.0. The van der Waals surface area contributed by atoms with Crippen LogP contribution in [0, 0.1) is 11.6 Å². The number of hydrogen-bond donors (Lipinski definition) is 2. The van der Waals surface area contributed by atoms with Gasteiger partial charge in [-0.15, -0.1) is 0 Å². The van der Waals surface area contributed by atoms with Crippen molar-refractivity contribution in [3.05, 3.63) is 82.9 Å². The summed E-state index contributed by atoms with van der Waals surface area (Å²) >= 11 is 0. The average Bonchev–Trinajstić information content (AvgIpc) is 3.45. The van der Waals surface area contributed by atoms with Crippen LogP contribution < -0.4 is 25.2 Å². The van der Waals surface area contributed by atoms with Crippen molar-refractivity contribution in [2.45, 2.75) is 12.6 Å². The van der Waals surface area contributed by atoms with Crippen LogP contribution in [0.4, 0.5) is 24.5 Å². The molecule has 0 amide bonds. The van der Waals surface area contributed by atoms with Gasteiger partial charge >= 0.3 is 10.2 Å². The summed E-state index contributed by atoms with van der Waals surface area (Å²) in [4.78, 5) is 20.0. The largest absolute Gasteiger partial charge is 0.451 e. The number of rotatable bonds is 7. The zero-order chi connectivity index (χ0) is 29.4. The molecule has 0 saturated carbocycles. The van der Waals surface area contributed by atoms with Gasteiger partial charge in [0.05, 0.1) is 22.3 Å². The molecule has 0 radical (unpaired) electrons. The standard InChI is InChI=1S/C28H27F3N6O4S/c29-18-9-12-36(16-18)42(39,40)34-25-8-6-23(30)27(26(25)31)41-21-5-7-24-22(15-21)28(38)37(17-33-24)20-3-1-19(2-4-20)35-13-10-32-11-14-35/h1-8,15,17-18,32,34H,9-14,16H2/t18-/m1/s1. The normalized spacial score (nSPS) is 18.0. The fourth-order valence-electron chi connectivity index (χ4n) is 5.03. The van der Waals surface area contributed by atoms with Gasteiger partial charge in [-0.3, -0.25) is 14.1 Å². The fourth-order valence-corrected chi connectivity index (χ4v) is 6.30. The number of benzene rings is 3. The highest BCUT2D eigenvalue weighted by molar-refractivity contribution is 7.90. The van der Waals surface area contributed by atoms with Crippen LogP contribution in [0.2, 0.25) is 0 Å². The summed E-state index contributed by atoms with van der Waals surface area (Å²) in [5.41, 5.74) is 0.995. The molecule has 0 unspecified atom stereocenters. The number of anilines is 2. The molecule has 0 bridgehead atoms. The first-order chi connectivity index (χ1) is 20.2. The Hall–Kier alpha value is -4.14. The van der Waals surface area contributed by atoms with Gasteiger partial charge in [-0.1, -0.05) is 0 Å². The molecular weight excluding hydrogens is 573 g/mol. The molecular formula is C28H27F3N6O4S. The number of piperazine rings is 1. The number of fused-ring (bicyclic) bond motifs is 1. The number of aromatic nitrogens is 2. The molecule has 10 nitrogen and oxygen atoms in total. The van der Waals surface area contributed by atoms with Gasteiger partial charge in [-0.2, -0.15) is 12.7 Å². The minimum Gasteiger partial charge on any atom is -0.451 e. The van der Waals surface area contributed by atoms with E-state index in [1.54, 1.807) is 0 Å². The van der Waals surface area contributed by atoms with Gasteiger partial charge in [0.1, 0.15) is 18.2 Å². The summed E-state index contributed by atoms with van der Waals surface area (Å²) < 4.78 is 78.4. The number of nitrogens with one attached hydrogen (secondary N) is 2. The van der Waals surface area contributed by atoms with E-state index in [9.17, 15) is 22.0 Å². The van der Waals surface area contributed by atoms with Crippen LogP contribution >= 0.6 is 0 Å². The van der Waals surface area contributed by atoms with Crippen LogP contribution in [0.3, 0.4) is 0 Å². The Morgan fingerprint density at radius 3 is 2.43 bits per heavy atom. The molecule has 3 aromatic carbocycles. The van der Waals surface area contributed by atoms with E-state index in [0.717, 1.165) is 48.3 Å². The lowest BCUT2D eigenvalue weighted by molar-refractivity contribution is 0.343. The highest BCUT2D eigenvalue weighted by atomic mass is 32.2. The van der Waals surface area contributed by atoms with Crippen LogP contribution in [-0.2, 0) is 10.2 Å². The van der Waals surface area contributed by atoms with Crippen LogP contribution in [0.25, 0.3) is 16.6 Å². The molecule has 42 heavy (non-hydrogen) atoms. The zero-order valence-electron chi connectivity index (χ0n) is 22.3. The highest BCUT2D eigenvalue weighted by Crippen LogP contribution is 2.34. The maximum atomic E-state index is 15.3. The van der Waals surface area contributed by atoms with E-state index in [1.807, 2.05) is 29.0 Å². The molecule has 2 aliphatic heterocycles. The fraction of sp³-hybridized carbons (Fsp3) is 0.286. The second-order valence-corrected chi connectivity index (χ2v) is 11.7. The summed E-state index contributed by atoms with van der Waals surface area (Å²) in [6, 6.07) is 13.5. The van der Waals surface area contributed by atoms with E-state index in [-0.39, 0.29) is 30.6 Å². The second kappa shape index (κ2) is 11.3. The molecule has 2 aliphatic rings. The van der Waals surface area contributed by atoms with E-state index in [2.05, 4.69) is 15.2 Å². The Labute approximate surface area is 239 Å². The second-order valence-electron chi connectivity index (χ2n) is 10.0. The van der Waals surface area contributed by atoms with Gasteiger partial charge in [0.25, 0.3) is 5.56 Å². The molecule has 2 fully saturated rings. The van der Waals surface area contributed by atoms with Gasteiger partial charge < -0.3 is 15.0 Å². The van der Waals surface area contributed by atoms with Crippen LogP contribution in [0.15, 0.2) is 65.7 Å². The third-order valence-corrected chi connectivity index (χ3v) is 8.77. The van der Waals surface area contributed by atoms with Crippen LogP contribution in [0.5, 0.6) is 11.5 Å². The Morgan fingerprint density at radius 2 is 1.71 bits per heavy atom. The number of alkyl halides is 1. The number of ether oxygens (including phenoxy) is 1.